The Labute approximate surface area is 139 Å². The minimum absolute atomic E-state index is 0.257. The summed E-state index contributed by atoms with van der Waals surface area (Å²) in [6.07, 6.45) is 6.64. The number of likely N-dealkylation sites (N-methyl/N-ethyl adjacent to an activating group) is 1. The molecule has 1 aromatic carbocycles. The van der Waals surface area contributed by atoms with Crippen LogP contribution in [-0.4, -0.2) is 37.7 Å². The lowest BCUT2D eigenvalue weighted by Gasteiger charge is -2.60. The highest BCUT2D eigenvalue weighted by molar-refractivity contribution is 5.61. The maximum absolute atomic E-state index is 6.59. The van der Waals surface area contributed by atoms with Crippen LogP contribution in [0.1, 0.15) is 43.7 Å². The van der Waals surface area contributed by atoms with E-state index in [1.165, 1.54) is 49.8 Å². The van der Waals surface area contributed by atoms with Crippen molar-refractivity contribution in [2.24, 2.45) is 11.8 Å². The standard InChI is InChI=1S/C20H27NO2/c1-4-12-6-8-16-20-9-10-21(2)14(17(12)20)11-13-5-7-15(22-3)19(23-16)18(13)20/h5,7,12,14,16-17H,4,6,8-11H2,1-3H3/t12-,14+,16?,17?,20-/m0/s1. The van der Waals surface area contributed by atoms with Gasteiger partial charge in [-0.2, -0.15) is 0 Å². The third-order valence-corrected chi connectivity index (χ3v) is 7.44. The number of likely N-dealkylation sites (tertiary alicyclic amines) is 1. The van der Waals surface area contributed by atoms with Gasteiger partial charge in [0.25, 0.3) is 0 Å². The van der Waals surface area contributed by atoms with E-state index in [0.29, 0.717) is 12.1 Å². The molecule has 1 saturated heterocycles. The average Bonchev–Trinajstić information content (AvgIpc) is 2.91. The Hall–Kier alpha value is -1.22. The van der Waals surface area contributed by atoms with Crippen molar-refractivity contribution in [3.05, 3.63) is 23.3 Å². The molecule has 2 aliphatic heterocycles. The van der Waals surface area contributed by atoms with Gasteiger partial charge >= 0.3 is 0 Å². The number of hydrogen-bond donors (Lipinski definition) is 0. The smallest absolute Gasteiger partial charge is 0.165 e. The molecular weight excluding hydrogens is 286 g/mol. The quantitative estimate of drug-likeness (QED) is 0.835. The van der Waals surface area contributed by atoms with Crippen LogP contribution in [0.4, 0.5) is 0 Å². The van der Waals surface area contributed by atoms with E-state index >= 15 is 0 Å². The Morgan fingerprint density at radius 3 is 3.00 bits per heavy atom. The van der Waals surface area contributed by atoms with Crippen molar-refractivity contribution < 1.29 is 9.47 Å². The molecule has 1 spiro atoms. The van der Waals surface area contributed by atoms with Crippen molar-refractivity contribution in [1.82, 2.24) is 4.90 Å². The second-order valence-electron chi connectivity index (χ2n) is 8.05. The summed E-state index contributed by atoms with van der Waals surface area (Å²) >= 11 is 0. The van der Waals surface area contributed by atoms with Gasteiger partial charge in [0.05, 0.1) is 7.11 Å². The number of nitrogens with zero attached hydrogens (tertiary/aromatic N) is 1. The molecule has 0 radical (unpaired) electrons. The molecule has 0 aromatic heterocycles. The van der Waals surface area contributed by atoms with Gasteiger partial charge in [-0.3, -0.25) is 0 Å². The van der Waals surface area contributed by atoms with Crippen LogP contribution in [-0.2, 0) is 11.8 Å². The number of hydrogen-bond acceptors (Lipinski definition) is 3. The Kier molecular flexibility index (Phi) is 2.87. The Balaban J connectivity index is 1.78. The first-order valence-electron chi connectivity index (χ1n) is 9.28. The molecule has 124 valence electrons. The van der Waals surface area contributed by atoms with E-state index < -0.39 is 0 Å². The molecule has 5 rings (SSSR count). The van der Waals surface area contributed by atoms with Crippen LogP contribution in [0.5, 0.6) is 11.5 Å². The van der Waals surface area contributed by atoms with E-state index in [1.54, 1.807) is 7.11 Å². The van der Waals surface area contributed by atoms with Crippen molar-refractivity contribution in [2.45, 2.75) is 56.6 Å². The molecule has 23 heavy (non-hydrogen) atoms. The van der Waals surface area contributed by atoms with Crippen molar-refractivity contribution in [3.8, 4) is 11.5 Å². The van der Waals surface area contributed by atoms with E-state index in [4.69, 9.17) is 9.47 Å². The molecule has 4 aliphatic rings. The van der Waals surface area contributed by atoms with Crippen LogP contribution in [0, 0.1) is 11.8 Å². The third-order valence-electron chi connectivity index (χ3n) is 7.44. The fraction of sp³-hybridized carbons (Fsp3) is 0.700. The van der Waals surface area contributed by atoms with E-state index in [-0.39, 0.29) is 5.41 Å². The predicted molar refractivity (Wildman–Crippen MR) is 90.3 cm³/mol. The number of benzene rings is 1. The fourth-order valence-electron chi connectivity index (χ4n) is 6.51. The van der Waals surface area contributed by atoms with Gasteiger partial charge in [-0.05, 0) is 62.7 Å². The van der Waals surface area contributed by atoms with Gasteiger partial charge in [0, 0.05) is 17.0 Å². The van der Waals surface area contributed by atoms with Crippen LogP contribution in [0.15, 0.2) is 12.1 Å². The summed E-state index contributed by atoms with van der Waals surface area (Å²) in [7, 11) is 4.10. The van der Waals surface area contributed by atoms with Gasteiger partial charge in [0.2, 0.25) is 0 Å². The Bertz CT molecular complexity index is 657. The zero-order valence-corrected chi connectivity index (χ0v) is 14.5. The zero-order chi connectivity index (χ0) is 15.8. The van der Waals surface area contributed by atoms with Crippen LogP contribution < -0.4 is 9.47 Å². The van der Waals surface area contributed by atoms with Gasteiger partial charge in [-0.25, -0.2) is 0 Å². The van der Waals surface area contributed by atoms with E-state index in [9.17, 15) is 0 Å². The Morgan fingerprint density at radius 2 is 2.22 bits per heavy atom. The molecule has 2 heterocycles. The van der Waals surface area contributed by atoms with Crippen molar-refractivity contribution in [3.63, 3.8) is 0 Å². The highest BCUT2D eigenvalue weighted by atomic mass is 16.5. The van der Waals surface area contributed by atoms with Crippen molar-refractivity contribution in [2.75, 3.05) is 20.7 Å². The summed E-state index contributed by atoms with van der Waals surface area (Å²) in [5.41, 5.74) is 3.32. The first kappa shape index (κ1) is 14.2. The number of ether oxygens (including phenoxy) is 2. The van der Waals surface area contributed by atoms with Gasteiger partial charge < -0.3 is 14.4 Å². The summed E-state index contributed by atoms with van der Waals surface area (Å²) in [5, 5.41) is 0. The monoisotopic (exact) mass is 313 g/mol. The van der Waals surface area contributed by atoms with Gasteiger partial charge in [0.1, 0.15) is 6.10 Å². The normalized spacial score (nSPS) is 40.5. The van der Waals surface area contributed by atoms with Crippen molar-refractivity contribution >= 4 is 0 Å². The molecule has 3 nitrogen and oxygen atoms in total. The average molecular weight is 313 g/mol. The maximum atomic E-state index is 6.59. The summed E-state index contributed by atoms with van der Waals surface area (Å²) in [5.74, 6) is 3.62. The lowest BCUT2D eigenvalue weighted by molar-refractivity contribution is -0.0737. The molecule has 5 atom stereocenters. The molecule has 1 aromatic rings. The molecule has 2 unspecified atom stereocenters. The number of piperidine rings is 1. The SMILES string of the molecule is CC[C@H]1CCC2Oc3c(OC)ccc4c3[C@@]23CCN(C)[C@H](C4)C13. The predicted octanol–water partition coefficient (Wildman–Crippen LogP) is 3.39. The zero-order valence-electron chi connectivity index (χ0n) is 14.5. The van der Waals surface area contributed by atoms with Gasteiger partial charge in [0.15, 0.2) is 11.5 Å². The van der Waals surface area contributed by atoms with Gasteiger partial charge in [-0.15, -0.1) is 0 Å². The molecular formula is C20H27NO2. The minimum Gasteiger partial charge on any atom is -0.493 e. The number of rotatable bonds is 2. The van der Waals surface area contributed by atoms with E-state index in [2.05, 4.69) is 31.0 Å². The molecule has 2 aliphatic carbocycles. The fourth-order valence-corrected chi connectivity index (χ4v) is 6.51. The van der Waals surface area contributed by atoms with E-state index in [0.717, 1.165) is 23.3 Å². The highest BCUT2D eigenvalue weighted by Crippen LogP contribution is 2.65. The number of methoxy groups -OCH3 is 1. The first-order chi connectivity index (χ1) is 11.2. The highest BCUT2D eigenvalue weighted by Gasteiger charge is 2.65. The topological polar surface area (TPSA) is 21.7 Å². The summed E-state index contributed by atoms with van der Waals surface area (Å²) in [6, 6.07) is 5.12. The van der Waals surface area contributed by atoms with E-state index in [1.807, 2.05) is 0 Å². The molecule has 0 amide bonds. The summed E-state index contributed by atoms with van der Waals surface area (Å²) < 4.78 is 12.2. The molecule has 1 saturated carbocycles. The molecule has 3 heteroatoms. The molecule has 2 bridgehead atoms. The molecule has 2 fully saturated rings. The van der Waals surface area contributed by atoms with Crippen LogP contribution in [0.25, 0.3) is 0 Å². The third kappa shape index (κ3) is 1.55. The second kappa shape index (κ2) is 4.66. The lowest BCUT2D eigenvalue weighted by Crippen LogP contribution is -2.65. The minimum atomic E-state index is 0.257. The summed E-state index contributed by atoms with van der Waals surface area (Å²) in [6.45, 7) is 3.59. The van der Waals surface area contributed by atoms with Gasteiger partial charge in [-0.1, -0.05) is 19.4 Å². The second-order valence-corrected chi connectivity index (χ2v) is 8.05. The first-order valence-corrected chi connectivity index (χ1v) is 9.28. The molecule has 0 N–H and O–H groups in total. The van der Waals surface area contributed by atoms with Crippen LogP contribution in [0.2, 0.25) is 0 Å². The summed E-state index contributed by atoms with van der Waals surface area (Å²) in [4.78, 5) is 2.63. The lowest BCUT2D eigenvalue weighted by atomic mass is 9.49. The van der Waals surface area contributed by atoms with Crippen LogP contribution >= 0.6 is 0 Å². The largest absolute Gasteiger partial charge is 0.493 e. The Morgan fingerprint density at radius 1 is 1.35 bits per heavy atom. The maximum Gasteiger partial charge on any atom is 0.165 e. The van der Waals surface area contributed by atoms with Crippen molar-refractivity contribution in [1.29, 1.82) is 0 Å². The van der Waals surface area contributed by atoms with Crippen LogP contribution in [0.3, 0.4) is 0 Å².